The van der Waals surface area contributed by atoms with Gasteiger partial charge < -0.3 is 10.6 Å². The quantitative estimate of drug-likeness (QED) is 0.513. The lowest BCUT2D eigenvalue weighted by molar-refractivity contribution is 0.0953. The first-order valence-electron chi connectivity index (χ1n) is 9.55. The van der Waals surface area contributed by atoms with Crippen molar-refractivity contribution in [1.82, 2.24) is 20.3 Å². The maximum atomic E-state index is 14.4. The molecule has 150 valence electrons. The molecule has 0 radical (unpaired) electrons. The first-order valence-corrected chi connectivity index (χ1v) is 9.55. The SMILES string of the molecule is CNc1ncnc2ccc(-c3ccc(F)c(CCNC(=O)c4cccnc4)c3)cc12. The molecule has 2 heterocycles. The number of benzene rings is 2. The van der Waals surface area contributed by atoms with Crippen LogP contribution in [0.2, 0.25) is 0 Å². The number of halogens is 1. The molecule has 2 aromatic carbocycles. The number of hydrogen-bond donors (Lipinski definition) is 2. The van der Waals surface area contributed by atoms with E-state index in [0.29, 0.717) is 24.1 Å². The van der Waals surface area contributed by atoms with Crippen molar-refractivity contribution in [3.63, 3.8) is 0 Å². The van der Waals surface area contributed by atoms with E-state index in [9.17, 15) is 9.18 Å². The van der Waals surface area contributed by atoms with E-state index in [1.54, 1.807) is 24.4 Å². The number of aromatic nitrogens is 3. The summed E-state index contributed by atoms with van der Waals surface area (Å²) in [5.74, 6) is 0.213. The molecule has 4 aromatic rings. The molecular formula is C23H20FN5O. The number of carbonyl (C=O) groups excluding carboxylic acids is 1. The fourth-order valence-electron chi connectivity index (χ4n) is 3.29. The summed E-state index contributed by atoms with van der Waals surface area (Å²) >= 11 is 0. The predicted octanol–water partition coefficient (Wildman–Crippen LogP) is 3.85. The fourth-order valence-corrected chi connectivity index (χ4v) is 3.29. The maximum absolute atomic E-state index is 14.4. The van der Waals surface area contributed by atoms with Crippen molar-refractivity contribution in [2.45, 2.75) is 6.42 Å². The molecule has 0 aliphatic heterocycles. The summed E-state index contributed by atoms with van der Waals surface area (Å²) in [6.45, 7) is 0.323. The van der Waals surface area contributed by atoms with Gasteiger partial charge in [-0.15, -0.1) is 0 Å². The van der Waals surface area contributed by atoms with E-state index < -0.39 is 0 Å². The van der Waals surface area contributed by atoms with E-state index in [1.165, 1.54) is 18.6 Å². The summed E-state index contributed by atoms with van der Waals surface area (Å²) in [7, 11) is 1.81. The van der Waals surface area contributed by atoms with Gasteiger partial charge in [-0.25, -0.2) is 14.4 Å². The summed E-state index contributed by atoms with van der Waals surface area (Å²) in [4.78, 5) is 24.6. The Labute approximate surface area is 173 Å². The van der Waals surface area contributed by atoms with Crippen molar-refractivity contribution in [2.75, 3.05) is 18.9 Å². The molecule has 30 heavy (non-hydrogen) atoms. The van der Waals surface area contributed by atoms with Crippen molar-refractivity contribution >= 4 is 22.6 Å². The summed E-state index contributed by atoms with van der Waals surface area (Å²) < 4.78 is 14.4. The third kappa shape index (κ3) is 4.10. The number of nitrogens with zero attached hydrogens (tertiary/aromatic N) is 3. The molecule has 0 aliphatic rings. The summed E-state index contributed by atoms with van der Waals surface area (Å²) in [5, 5.41) is 6.76. The second-order valence-corrected chi connectivity index (χ2v) is 6.76. The first-order chi connectivity index (χ1) is 14.7. The molecule has 0 unspecified atom stereocenters. The Morgan fingerprint density at radius 2 is 1.90 bits per heavy atom. The Morgan fingerprint density at radius 1 is 1.07 bits per heavy atom. The van der Waals surface area contributed by atoms with Crippen LogP contribution in [0.4, 0.5) is 10.2 Å². The average Bonchev–Trinajstić information content (AvgIpc) is 2.80. The third-order valence-corrected chi connectivity index (χ3v) is 4.85. The lowest BCUT2D eigenvalue weighted by Gasteiger charge is -2.10. The van der Waals surface area contributed by atoms with Gasteiger partial charge in [-0.1, -0.05) is 12.1 Å². The Kier molecular flexibility index (Phi) is 5.61. The van der Waals surface area contributed by atoms with Gasteiger partial charge in [0, 0.05) is 31.4 Å². The van der Waals surface area contributed by atoms with Crippen LogP contribution in [0.3, 0.4) is 0 Å². The van der Waals surface area contributed by atoms with E-state index in [0.717, 1.165) is 27.8 Å². The van der Waals surface area contributed by atoms with Crippen molar-refractivity contribution < 1.29 is 9.18 Å². The highest BCUT2D eigenvalue weighted by Gasteiger charge is 2.10. The van der Waals surface area contributed by atoms with Gasteiger partial charge in [-0.2, -0.15) is 0 Å². The zero-order chi connectivity index (χ0) is 20.9. The smallest absolute Gasteiger partial charge is 0.252 e. The van der Waals surface area contributed by atoms with Crippen molar-refractivity contribution in [2.24, 2.45) is 0 Å². The third-order valence-electron chi connectivity index (χ3n) is 4.85. The molecule has 0 spiro atoms. The number of amides is 1. The number of pyridine rings is 1. The minimum atomic E-state index is -0.297. The number of carbonyl (C=O) groups is 1. The van der Waals surface area contributed by atoms with Crippen LogP contribution >= 0.6 is 0 Å². The standard InChI is InChI=1S/C23H20FN5O/c1-25-22-19-12-16(5-7-21(19)28-14-29-22)15-4-6-20(24)17(11-15)8-10-27-23(30)18-3-2-9-26-13-18/h2-7,9,11-14H,8,10H2,1H3,(H,27,30)(H,25,28,29). The van der Waals surface area contributed by atoms with Gasteiger partial charge >= 0.3 is 0 Å². The summed E-state index contributed by atoms with van der Waals surface area (Å²) in [6, 6.07) is 14.3. The Bertz CT molecular complexity index is 1200. The molecule has 7 heteroatoms. The second kappa shape index (κ2) is 8.65. The summed E-state index contributed by atoms with van der Waals surface area (Å²) in [5.41, 5.74) is 3.67. The Balaban J connectivity index is 1.53. The topological polar surface area (TPSA) is 79.8 Å². The monoisotopic (exact) mass is 401 g/mol. The molecule has 0 aliphatic carbocycles. The minimum Gasteiger partial charge on any atom is -0.373 e. The molecule has 2 N–H and O–H groups in total. The van der Waals surface area contributed by atoms with Crippen LogP contribution in [0.25, 0.3) is 22.0 Å². The van der Waals surface area contributed by atoms with Crippen LogP contribution in [0.5, 0.6) is 0 Å². The molecule has 6 nitrogen and oxygen atoms in total. The van der Waals surface area contributed by atoms with E-state index in [4.69, 9.17) is 0 Å². The van der Waals surface area contributed by atoms with Gasteiger partial charge in [0.1, 0.15) is 18.0 Å². The molecule has 4 rings (SSSR count). The van der Waals surface area contributed by atoms with E-state index in [1.807, 2.05) is 31.3 Å². The van der Waals surface area contributed by atoms with Gasteiger partial charge in [-0.05, 0) is 59.5 Å². The van der Waals surface area contributed by atoms with Crippen molar-refractivity contribution in [3.05, 3.63) is 84.2 Å². The van der Waals surface area contributed by atoms with Crippen molar-refractivity contribution in [3.8, 4) is 11.1 Å². The van der Waals surface area contributed by atoms with E-state index >= 15 is 0 Å². The molecule has 1 amide bonds. The van der Waals surface area contributed by atoms with Gasteiger partial charge in [0.25, 0.3) is 5.91 Å². The van der Waals surface area contributed by atoms with Crippen LogP contribution in [0, 0.1) is 5.82 Å². The highest BCUT2D eigenvalue weighted by Crippen LogP contribution is 2.28. The van der Waals surface area contributed by atoms with Crippen LogP contribution in [0.15, 0.2) is 67.3 Å². The number of fused-ring (bicyclic) bond motifs is 1. The molecule has 0 atom stereocenters. The van der Waals surface area contributed by atoms with Gasteiger partial charge in [0.15, 0.2) is 0 Å². The number of anilines is 1. The lowest BCUT2D eigenvalue weighted by atomic mass is 10.00. The fraction of sp³-hybridized carbons (Fsp3) is 0.130. The molecular weight excluding hydrogens is 381 g/mol. The van der Waals surface area contributed by atoms with Crippen LogP contribution in [0.1, 0.15) is 15.9 Å². The zero-order valence-corrected chi connectivity index (χ0v) is 16.4. The molecule has 0 saturated carbocycles. The second-order valence-electron chi connectivity index (χ2n) is 6.76. The highest BCUT2D eigenvalue weighted by atomic mass is 19.1. The molecule has 2 aromatic heterocycles. The van der Waals surface area contributed by atoms with Gasteiger partial charge in [0.05, 0.1) is 11.1 Å². The van der Waals surface area contributed by atoms with E-state index in [-0.39, 0.29) is 11.7 Å². The van der Waals surface area contributed by atoms with Crippen LogP contribution < -0.4 is 10.6 Å². The number of nitrogens with one attached hydrogen (secondary N) is 2. The lowest BCUT2D eigenvalue weighted by Crippen LogP contribution is -2.25. The Hall–Kier alpha value is -3.87. The molecule has 0 saturated heterocycles. The maximum Gasteiger partial charge on any atom is 0.252 e. The first kappa shape index (κ1) is 19.4. The molecule has 0 bridgehead atoms. The summed E-state index contributed by atoms with van der Waals surface area (Å²) in [6.07, 6.45) is 5.00. The van der Waals surface area contributed by atoms with Gasteiger partial charge in [0.2, 0.25) is 0 Å². The largest absolute Gasteiger partial charge is 0.373 e. The van der Waals surface area contributed by atoms with E-state index in [2.05, 4.69) is 25.6 Å². The van der Waals surface area contributed by atoms with Crippen LogP contribution in [-0.2, 0) is 6.42 Å². The normalized spacial score (nSPS) is 10.7. The number of rotatable bonds is 6. The van der Waals surface area contributed by atoms with Crippen molar-refractivity contribution in [1.29, 1.82) is 0 Å². The highest BCUT2D eigenvalue weighted by molar-refractivity contribution is 5.94. The van der Waals surface area contributed by atoms with Gasteiger partial charge in [-0.3, -0.25) is 9.78 Å². The minimum absolute atomic E-state index is 0.228. The zero-order valence-electron chi connectivity index (χ0n) is 16.4. The van der Waals surface area contributed by atoms with Crippen LogP contribution in [-0.4, -0.2) is 34.5 Å². The number of hydrogen-bond acceptors (Lipinski definition) is 5. The Morgan fingerprint density at radius 3 is 2.70 bits per heavy atom. The average molecular weight is 401 g/mol. The molecule has 0 fully saturated rings. The predicted molar refractivity (Wildman–Crippen MR) is 115 cm³/mol.